The molecule has 0 aromatic heterocycles. The summed E-state index contributed by atoms with van der Waals surface area (Å²) in [6, 6.07) is 4.22. The SMILES string of the molecule is CC1CC2C(=O)N(c3ccc(F)c(CN)c3)C(=O)C2C1. The van der Waals surface area contributed by atoms with Crippen LogP contribution >= 0.6 is 0 Å². The van der Waals surface area contributed by atoms with E-state index in [1.54, 1.807) is 0 Å². The van der Waals surface area contributed by atoms with Crippen molar-refractivity contribution >= 4 is 17.5 Å². The standard InChI is InChI=1S/C15H17FN2O2/c1-8-4-11-12(5-8)15(20)18(14(11)19)10-2-3-13(16)9(6-10)7-17/h2-3,6,8,11-12H,4-5,7,17H2,1H3. The molecule has 106 valence electrons. The van der Waals surface area contributed by atoms with Gasteiger partial charge < -0.3 is 5.73 Å². The molecule has 1 saturated heterocycles. The largest absolute Gasteiger partial charge is 0.326 e. The number of hydrogen-bond acceptors (Lipinski definition) is 3. The number of nitrogens with two attached hydrogens (primary N) is 1. The van der Waals surface area contributed by atoms with E-state index in [0.717, 1.165) is 12.8 Å². The van der Waals surface area contributed by atoms with Crippen LogP contribution in [0.3, 0.4) is 0 Å². The first kappa shape index (κ1) is 13.2. The second-order valence-corrected chi connectivity index (χ2v) is 5.78. The molecule has 1 aromatic rings. The molecule has 2 aliphatic rings. The van der Waals surface area contributed by atoms with E-state index < -0.39 is 5.82 Å². The lowest BCUT2D eigenvalue weighted by molar-refractivity contribution is -0.123. The van der Waals surface area contributed by atoms with Crippen molar-refractivity contribution in [3.63, 3.8) is 0 Å². The molecule has 4 nitrogen and oxygen atoms in total. The highest BCUT2D eigenvalue weighted by atomic mass is 19.1. The average molecular weight is 276 g/mol. The van der Waals surface area contributed by atoms with Crippen molar-refractivity contribution < 1.29 is 14.0 Å². The van der Waals surface area contributed by atoms with Crippen molar-refractivity contribution in [2.24, 2.45) is 23.5 Å². The van der Waals surface area contributed by atoms with Gasteiger partial charge in [-0.3, -0.25) is 14.5 Å². The molecule has 5 heteroatoms. The van der Waals surface area contributed by atoms with Crippen LogP contribution in [0.5, 0.6) is 0 Å². The summed E-state index contributed by atoms with van der Waals surface area (Å²) >= 11 is 0. The van der Waals surface area contributed by atoms with E-state index in [1.165, 1.54) is 23.1 Å². The van der Waals surface area contributed by atoms with E-state index in [2.05, 4.69) is 6.92 Å². The Morgan fingerprint density at radius 2 is 1.85 bits per heavy atom. The molecule has 1 aliphatic carbocycles. The van der Waals surface area contributed by atoms with Crippen molar-refractivity contribution in [3.05, 3.63) is 29.6 Å². The monoisotopic (exact) mass is 276 g/mol. The third-order valence-corrected chi connectivity index (χ3v) is 4.38. The van der Waals surface area contributed by atoms with Gasteiger partial charge in [0.15, 0.2) is 0 Å². The zero-order chi connectivity index (χ0) is 14.4. The molecule has 2 N–H and O–H groups in total. The Labute approximate surface area is 116 Å². The van der Waals surface area contributed by atoms with E-state index in [-0.39, 0.29) is 30.2 Å². The Morgan fingerprint density at radius 3 is 2.40 bits per heavy atom. The number of amides is 2. The Hall–Kier alpha value is -1.75. The van der Waals surface area contributed by atoms with Gasteiger partial charge in [-0.05, 0) is 37.0 Å². The number of hydrogen-bond donors (Lipinski definition) is 1. The van der Waals surface area contributed by atoms with Gasteiger partial charge in [-0.1, -0.05) is 6.92 Å². The molecule has 20 heavy (non-hydrogen) atoms. The van der Waals surface area contributed by atoms with Gasteiger partial charge >= 0.3 is 0 Å². The van der Waals surface area contributed by atoms with Gasteiger partial charge in [0.2, 0.25) is 11.8 Å². The molecule has 2 atom stereocenters. The van der Waals surface area contributed by atoms with Crippen LogP contribution in [-0.4, -0.2) is 11.8 Å². The van der Waals surface area contributed by atoms with Crippen LogP contribution in [0.2, 0.25) is 0 Å². The molecular formula is C15H17FN2O2. The summed E-state index contributed by atoms with van der Waals surface area (Å²) in [5.41, 5.74) is 6.22. The zero-order valence-electron chi connectivity index (χ0n) is 11.3. The normalized spacial score (nSPS) is 29.1. The Balaban J connectivity index is 1.96. The van der Waals surface area contributed by atoms with E-state index in [1.807, 2.05) is 0 Å². The summed E-state index contributed by atoms with van der Waals surface area (Å²) in [7, 11) is 0. The van der Waals surface area contributed by atoms with Crippen LogP contribution in [-0.2, 0) is 16.1 Å². The Bertz CT molecular complexity index is 563. The number of carbonyl (C=O) groups excluding carboxylic acids is 2. The first-order valence-electron chi connectivity index (χ1n) is 6.89. The summed E-state index contributed by atoms with van der Waals surface area (Å²) < 4.78 is 13.5. The second-order valence-electron chi connectivity index (χ2n) is 5.78. The fraction of sp³-hybridized carbons (Fsp3) is 0.467. The number of nitrogens with zero attached hydrogens (tertiary/aromatic N) is 1. The number of imide groups is 1. The molecule has 0 radical (unpaired) electrons. The molecular weight excluding hydrogens is 259 g/mol. The molecule has 0 bridgehead atoms. The minimum Gasteiger partial charge on any atom is -0.326 e. The van der Waals surface area contributed by atoms with Crippen LogP contribution in [0.25, 0.3) is 0 Å². The maximum absolute atomic E-state index is 13.5. The summed E-state index contributed by atoms with van der Waals surface area (Å²) in [5, 5.41) is 0. The molecule has 2 unspecified atom stereocenters. The molecule has 1 aromatic carbocycles. The van der Waals surface area contributed by atoms with E-state index in [9.17, 15) is 14.0 Å². The highest BCUT2D eigenvalue weighted by Crippen LogP contribution is 2.44. The van der Waals surface area contributed by atoms with E-state index in [0.29, 0.717) is 17.2 Å². The summed E-state index contributed by atoms with van der Waals surface area (Å²) in [6.07, 6.45) is 1.52. The summed E-state index contributed by atoms with van der Waals surface area (Å²) in [6.45, 7) is 2.10. The van der Waals surface area contributed by atoms with Crippen molar-refractivity contribution in [1.82, 2.24) is 0 Å². The maximum atomic E-state index is 13.5. The van der Waals surface area contributed by atoms with E-state index >= 15 is 0 Å². The van der Waals surface area contributed by atoms with Crippen molar-refractivity contribution in [2.45, 2.75) is 26.3 Å². The van der Waals surface area contributed by atoms with E-state index in [4.69, 9.17) is 5.73 Å². The van der Waals surface area contributed by atoms with Crippen LogP contribution in [0.4, 0.5) is 10.1 Å². The smallest absolute Gasteiger partial charge is 0.237 e. The van der Waals surface area contributed by atoms with Crippen LogP contribution in [0.15, 0.2) is 18.2 Å². The quantitative estimate of drug-likeness (QED) is 0.838. The Morgan fingerprint density at radius 1 is 1.25 bits per heavy atom. The summed E-state index contributed by atoms with van der Waals surface area (Å²) in [4.78, 5) is 26.0. The topological polar surface area (TPSA) is 63.4 Å². The first-order chi connectivity index (χ1) is 9.52. The highest BCUT2D eigenvalue weighted by molar-refractivity contribution is 6.22. The molecule has 1 aliphatic heterocycles. The number of benzene rings is 1. The number of fused-ring (bicyclic) bond motifs is 1. The van der Waals surface area contributed by atoms with Gasteiger partial charge in [0.1, 0.15) is 5.82 Å². The van der Waals surface area contributed by atoms with Gasteiger partial charge in [-0.2, -0.15) is 0 Å². The molecule has 0 spiro atoms. The lowest BCUT2D eigenvalue weighted by Crippen LogP contribution is -2.32. The fourth-order valence-corrected chi connectivity index (χ4v) is 3.39. The van der Waals surface area contributed by atoms with Gasteiger partial charge in [0.25, 0.3) is 0 Å². The predicted octanol–water partition coefficient (Wildman–Crippen LogP) is 1.82. The minimum atomic E-state index is -0.413. The summed E-state index contributed by atoms with van der Waals surface area (Å²) in [5.74, 6) is -0.720. The molecule has 1 heterocycles. The van der Waals surface area contributed by atoms with Crippen LogP contribution < -0.4 is 10.6 Å². The predicted molar refractivity (Wildman–Crippen MR) is 72.2 cm³/mol. The fourth-order valence-electron chi connectivity index (χ4n) is 3.39. The lowest BCUT2D eigenvalue weighted by atomic mass is 10.00. The molecule has 3 rings (SSSR count). The number of carbonyl (C=O) groups is 2. The average Bonchev–Trinajstić information content (AvgIpc) is 2.91. The number of halogens is 1. The van der Waals surface area contributed by atoms with Crippen molar-refractivity contribution in [1.29, 1.82) is 0 Å². The van der Waals surface area contributed by atoms with Gasteiger partial charge in [-0.25, -0.2) is 4.39 Å². The van der Waals surface area contributed by atoms with Gasteiger partial charge in [0, 0.05) is 12.1 Å². The Kier molecular flexibility index (Phi) is 3.09. The molecule has 2 amide bonds. The van der Waals surface area contributed by atoms with Gasteiger partial charge in [-0.15, -0.1) is 0 Å². The first-order valence-corrected chi connectivity index (χ1v) is 6.89. The third-order valence-electron chi connectivity index (χ3n) is 4.38. The third kappa shape index (κ3) is 1.85. The van der Waals surface area contributed by atoms with Crippen molar-refractivity contribution in [2.75, 3.05) is 4.90 Å². The molecule has 2 fully saturated rings. The van der Waals surface area contributed by atoms with Crippen LogP contribution in [0, 0.1) is 23.6 Å². The zero-order valence-corrected chi connectivity index (χ0v) is 11.3. The van der Waals surface area contributed by atoms with Gasteiger partial charge in [0.05, 0.1) is 17.5 Å². The molecule has 1 saturated carbocycles. The number of rotatable bonds is 2. The van der Waals surface area contributed by atoms with Crippen LogP contribution in [0.1, 0.15) is 25.3 Å². The lowest BCUT2D eigenvalue weighted by Gasteiger charge is -2.17. The maximum Gasteiger partial charge on any atom is 0.237 e. The van der Waals surface area contributed by atoms with Crippen molar-refractivity contribution in [3.8, 4) is 0 Å². The minimum absolute atomic E-state index is 0.0415. The highest BCUT2D eigenvalue weighted by Gasteiger charge is 2.52. The second kappa shape index (κ2) is 4.66. The number of anilines is 1.